The van der Waals surface area contributed by atoms with E-state index < -0.39 is 0 Å². The van der Waals surface area contributed by atoms with Crippen LogP contribution in [0.4, 0.5) is 5.95 Å². The first-order valence-corrected chi connectivity index (χ1v) is 10.3. The van der Waals surface area contributed by atoms with Crippen LogP contribution < -0.4 is 5.32 Å². The molecule has 0 saturated carbocycles. The Morgan fingerprint density at radius 3 is 2.85 bits per heavy atom. The van der Waals surface area contributed by atoms with E-state index in [-0.39, 0.29) is 23.2 Å². The van der Waals surface area contributed by atoms with Crippen LogP contribution >= 0.6 is 11.8 Å². The summed E-state index contributed by atoms with van der Waals surface area (Å²) in [7, 11) is 0. The number of Topliss-reactive ketones (excluding diaryl/α,β-unsaturated/α-hetero) is 1. The fourth-order valence-electron chi connectivity index (χ4n) is 3.81. The van der Waals surface area contributed by atoms with E-state index in [1.54, 1.807) is 11.8 Å². The first-order chi connectivity index (χ1) is 13.0. The van der Waals surface area contributed by atoms with Crippen LogP contribution in [0.3, 0.4) is 0 Å². The lowest BCUT2D eigenvalue weighted by atomic mass is 9.73. The average Bonchev–Trinajstić information content (AvgIpc) is 3.01. The molecule has 27 heavy (non-hydrogen) atoms. The molecule has 0 unspecified atom stereocenters. The predicted molar refractivity (Wildman–Crippen MR) is 110 cm³/mol. The summed E-state index contributed by atoms with van der Waals surface area (Å²) in [6.07, 6.45) is 6.88. The highest BCUT2D eigenvalue weighted by atomic mass is 32.2. The van der Waals surface area contributed by atoms with Crippen molar-refractivity contribution in [3.63, 3.8) is 0 Å². The predicted octanol–water partition coefficient (Wildman–Crippen LogP) is 4.57. The number of aromatic nitrogens is 3. The summed E-state index contributed by atoms with van der Waals surface area (Å²) in [5.41, 5.74) is 1.91. The minimum absolute atomic E-state index is 0.146. The smallest absolute Gasteiger partial charge is 0.227 e. The van der Waals surface area contributed by atoms with Gasteiger partial charge >= 0.3 is 0 Å². The second-order valence-electron chi connectivity index (χ2n) is 7.69. The van der Waals surface area contributed by atoms with E-state index in [1.165, 1.54) is 0 Å². The van der Waals surface area contributed by atoms with E-state index >= 15 is 0 Å². The van der Waals surface area contributed by atoms with Gasteiger partial charge in [0, 0.05) is 12.1 Å². The molecule has 6 heteroatoms. The highest BCUT2D eigenvalue weighted by Gasteiger charge is 2.43. The van der Waals surface area contributed by atoms with Gasteiger partial charge in [-0.05, 0) is 16.7 Å². The quantitative estimate of drug-likeness (QED) is 0.788. The number of nitrogens with one attached hydrogen (secondary N) is 1. The summed E-state index contributed by atoms with van der Waals surface area (Å²) in [4.78, 5) is 17.7. The number of allylic oxidation sites excluding steroid dienone is 3. The molecule has 5 nitrogen and oxygen atoms in total. The number of fused-ring (bicyclic) bond motifs is 2. The lowest BCUT2D eigenvalue weighted by Gasteiger charge is -2.38. The number of anilines is 1. The maximum absolute atomic E-state index is 13.0. The van der Waals surface area contributed by atoms with Crippen molar-refractivity contribution < 1.29 is 4.79 Å². The van der Waals surface area contributed by atoms with E-state index in [1.807, 2.05) is 22.9 Å². The van der Waals surface area contributed by atoms with Gasteiger partial charge in [0.2, 0.25) is 11.1 Å². The maximum atomic E-state index is 13.0. The maximum Gasteiger partial charge on any atom is 0.227 e. The topological polar surface area (TPSA) is 59.8 Å². The van der Waals surface area contributed by atoms with E-state index in [4.69, 9.17) is 0 Å². The van der Waals surface area contributed by atoms with Gasteiger partial charge in [-0.1, -0.05) is 81.1 Å². The van der Waals surface area contributed by atoms with Gasteiger partial charge in [0.25, 0.3) is 0 Å². The summed E-state index contributed by atoms with van der Waals surface area (Å²) >= 11 is 1.61. The Hall–Kier alpha value is -2.34. The summed E-state index contributed by atoms with van der Waals surface area (Å²) in [6.45, 7) is 6.28. The average molecular weight is 381 g/mol. The molecular weight excluding hydrogens is 356 g/mol. The number of carbonyl (C=O) groups is 1. The first-order valence-electron chi connectivity index (χ1n) is 9.32. The van der Waals surface area contributed by atoms with Crippen LogP contribution in [0.5, 0.6) is 0 Å². The third-order valence-electron chi connectivity index (χ3n) is 4.91. The van der Waals surface area contributed by atoms with Crippen molar-refractivity contribution in [3.8, 4) is 0 Å². The number of nitrogens with zero attached hydrogens (tertiary/aromatic N) is 3. The molecule has 4 rings (SSSR count). The zero-order valence-electron chi connectivity index (χ0n) is 15.8. The third kappa shape index (κ3) is 3.58. The Labute approximate surface area is 164 Å². The van der Waals surface area contributed by atoms with Crippen LogP contribution in [0.15, 0.2) is 53.3 Å². The van der Waals surface area contributed by atoms with Crippen molar-refractivity contribution in [3.05, 3.63) is 53.7 Å². The molecule has 2 aromatic rings. The number of ketones is 1. The van der Waals surface area contributed by atoms with Gasteiger partial charge in [-0.15, -0.1) is 5.10 Å². The molecule has 1 N–H and O–H groups in total. The molecule has 0 fully saturated rings. The zero-order valence-corrected chi connectivity index (χ0v) is 16.7. The molecule has 0 spiro atoms. The second-order valence-corrected chi connectivity index (χ2v) is 8.92. The molecule has 1 aromatic heterocycles. The molecule has 0 radical (unpaired) electrons. The standard InChI is InChI=1S/C21H24N4OS/c1-4-27-20-23-19-22-15-12-21(2,3)13-17(26)18(15)16(25(19)24-20)11-10-14-8-6-5-7-9-14/h5-12,16,18H,4,13H2,1-3H3,(H,22,23,24)/b11-10+/t16-,18+/m1/s1. The Morgan fingerprint density at radius 1 is 1.33 bits per heavy atom. The zero-order chi connectivity index (χ0) is 19.0. The van der Waals surface area contributed by atoms with Crippen molar-refractivity contribution >= 4 is 29.6 Å². The van der Waals surface area contributed by atoms with E-state index in [2.05, 4.69) is 66.5 Å². The first kappa shape index (κ1) is 18.0. The van der Waals surface area contributed by atoms with Crippen LogP contribution in [0.25, 0.3) is 6.08 Å². The van der Waals surface area contributed by atoms with Gasteiger partial charge in [-0.25, -0.2) is 4.68 Å². The summed E-state index contributed by atoms with van der Waals surface area (Å²) < 4.78 is 1.87. The molecular formula is C21H24N4OS. The third-order valence-corrected chi connectivity index (χ3v) is 5.63. The van der Waals surface area contributed by atoms with Gasteiger partial charge in [-0.3, -0.25) is 4.79 Å². The molecule has 0 amide bonds. The minimum atomic E-state index is -0.244. The normalized spacial score (nSPS) is 23.5. The molecule has 2 atom stereocenters. The van der Waals surface area contributed by atoms with E-state index in [0.29, 0.717) is 12.4 Å². The lowest BCUT2D eigenvalue weighted by Crippen LogP contribution is -2.40. The number of carbonyl (C=O) groups excluding carboxylic acids is 1. The largest absolute Gasteiger partial charge is 0.328 e. The highest BCUT2D eigenvalue weighted by Crippen LogP contribution is 2.43. The molecule has 1 aromatic carbocycles. The lowest BCUT2D eigenvalue weighted by molar-refractivity contribution is -0.124. The number of thioether (sulfide) groups is 1. The number of hydrogen-bond acceptors (Lipinski definition) is 5. The van der Waals surface area contributed by atoms with Crippen LogP contribution in [0.2, 0.25) is 0 Å². The minimum Gasteiger partial charge on any atom is -0.328 e. The number of rotatable bonds is 4. The molecule has 140 valence electrons. The Morgan fingerprint density at radius 2 is 2.11 bits per heavy atom. The van der Waals surface area contributed by atoms with Gasteiger partial charge in [0.1, 0.15) is 5.78 Å². The SMILES string of the molecule is CCSc1nc2n(n1)[C@H](/C=C/c1ccccc1)[C@H]1C(=O)CC(C)(C)C=C1N2. The van der Waals surface area contributed by atoms with Gasteiger partial charge in [0.05, 0.1) is 12.0 Å². The van der Waals surface area contributed by atoms with Crippen LogP contribution in [-0.4, -0.2) is 26.3 Å². The van der Waals surface area contributed by atoms with E-state index in [9.17, 15) is 4.79 Å². The summed E-state index contributed by atoms with van der Waals surface area (Å²) in [5, 5.41) is 8.79. The second kappa shape index (κ2) is 7.00. The van der Waals surface area contributed by atoms with Gasteiger partial charge in [-0.2, -0.15) is 4.98 Å². The molecule has 0 bridgehead atoms. The number of benzene rings is 1. The summed E-state index contributed by atoms with van der Waals surface area (Å²) in [6, 6.07) is 9.97. The van der Waals surface area contributed by atoms with Crippen molar-refractivity contribution in [2.24, 2.45) is 11.3 Å². The van der Waals surface area contributed by atoms with Gasteiger partial charge in [0.15, 0.2) is 0 Å². The fourth-order valence-corrected chi connectivity index (χ4v) is 4.36. The van der Waals surface area contributed by atoms with Crippen molar-refractivity contribution in [1.29, 1.82) is 0 Å². The molecule has 2 heterocycles. The van der Waals surface area contributed by atoms with Gasteiger partial charge < -0.3 is 5.32 Å². The van der Waals surface area contributed by atoms with Crippen molar-refractivity contribution in [1.82, 2.24) is 14.8 Å². The van der Waals surface area contributed by atoms with Crippen molar-refractivity contribution in [2.45, 2.75) is 38.4 Å². The van der Waals surface area contributed by atoms with Crippen LogP contribution in [0, 0.1) is 11.3 Å². The monoisotopic (exact) mass is 380 g/mol. The Bertz CT molecular complexity index is 914. The Kier molecular flexibility index (Phi) is 4.68. The van der Waals surface area contributed by atoms with Crippen LogP contribution in [0.1, 0.15) is 38.8 Å². The summed E-state index contributed by atoms with van der Waals surface area (Å²) in [5.74, 6) is 1.62. The van der Waals surface area contributed by atoms with E-state index in [0.717, 1.165) is 22.2 Å². The molecule has 2 aliphatic rings. The molecule has 1 aliphatic heterocycles. The highest BCUT2D eigenvalue weighted by molar-refractivity contribution is 7.99. The Balaban J connectivity index is 1.78. The molecule has 1 aliphatic carbocycles. The van der Waals surface area contributed by atoms with Crippen LogP contribution in [-0.2, 0) is 4.79 Å². The molecule has 0 saturated heterocycles. The van der Waals surface area contributed by atoms with Crippen molar-refractivity contribution in [2.75, 3.05) is 11.1 Å². The number of hydrogen-bond donors (Lipinski definition) is 1. The fraction of sp³-hybridized carbons (Fsp3) is 0.381.